The zero-order chi connectivity index (χ0) is 20.3. The average Bonchev–Trinajstić information content (AvgIpc) is 2.70. The number of carboxylic acids is 1. The van der Waals surface area contributed by atoms with Crippen LogP contribution in [0.5, 0.6) is 28.7 Å². The predicted molar refractivity (Wildman–Crippen MR) is 98.8 cm³/mol. The molecule has 0 saturated carbocycles. The molecule has 28 heavy (non-hydrogen) atoms. The minimum Gasteiger partial charge on any atom is -0.496 e. The van der Waals surface area contributed by atoms with Crippen molar-refractivity contribution in [1.29, 1.82) is 0 Å². The molecule has 2 N–H and O–H groups in total. The van der Waals surface area contributed by atoms with Crippen molar-refractivity contribution in [3.05, 3.63) is 41.5 Å². The van der Waals surface area contributed by atoms with Crippen LogP contribution >= 0.6 is 0 Å². The summed E-state index contributed by atoms with van der Waals surface area (Å²) in [5, 5.41) is 19.4. The first-order valence-corrected chi connectivity index (χ1v) is 8.59. The number of aliphatic hydroxyl groups excluding tert-OH is 1. The van der Waals surface area contributed by atoms with E-state index in [1.165, 1.54) is 7.11 Å². The standard InChI is InChI=1S/C20H22O8/c1-24-12-7-16(25-2)13-9-14(21)20(28-17(13)8-12)11-4-5-15(18(6-11)26-3)27-10-19(22)23/h4-8,14,20-21H,9-10H2,1-3H3,(H,22,23)/t14-,20-/m1/s1. The smallest absolute Gasteiger partial charge is 0.341 e. The van der Waals surface area contributed by atoms with E-state index < -0.39 is 24.8 Å². The predicted octanol–water partition coefficient (Wildman–Crippen LogP) is 2.21. The Kier molecular flexibility index (Phi) is 5.79. The lowest BCUT2D eigenvalue weighted by Gasteiger charge is -2.32. The third-order valence-electron chi connectivity index (χ3n) is 4.48. The number of carboxylic acid groups (broad SMARTS) is 1. The Hall–Kier alpha value is -3.13. The Morgan fingerprint density at radius 2 is 1.82 bits per heavy atom. The van der Waals surface area contributed by atoms with Crippen LogP contribution in [0.4, 0.5) is 0 Å². The summed E-state index contributed by atoms with van der Waals surface area (Å²) in [5.74, 6) is 1.29. The van der Waals surface area contributed by atoms with Crippen molar-refractivity contribution >= 4 is 5.97 Å². The molecule has 2 atom stereocenters. The summed E-state index contributed by atoms with van der Waals surface area (Å²) in [5.41, 5.74) is 1.43. The summed E-state index contributed by atoms with van der Waals surface area (Å²) in [6.45, 7) is -0.481. The van der Waals surface area contributed by atoms with Crippen molar-refractivity contribution in [1.82, 2.24) is 0 Å². The van der Waals surface area contributed by atoms with Crippen molar-refractivity contribution in [3.8, 4) is 28.7 Å². The number of methoxy groups -OCH3 is 3. The van der Waals surface area contributed by atoms with E-state index in [2.05, 4.69) is 0 Å². The highest BCUT2D eigenvalue weighted by Crippen LogP contribution is 2.43. The van der Waals surface area contributed by atoms with Crippen LogP contribution in [-0.4, -0.2) is 50.2 Å². The van der Waals surface area contributed by atoms with Crippen molar-refractivity contribution in [2.45, 2.75) is 18.6 Å². The van der Waals surface area contributed by atoms with Gasteiger partial charge in [0.05, 0.1) is 27.4 Å². The fourth-order valence-corrected chi connectivity index (χ4v) is 3.14. The molecule has 0 bridgehead atoms. The van der Waals surface area contributed by atoms with Gasteiger partial charge in [0.1, 0.15) is 23.4 Å². The number of hydrogen-bond acceptors (Lipinski definition) is 7. The van der Waals surface area contributed by atoms with Gasteiger partial charge in [-0.05, 0) is 17.7 Å². The third-order valence-corrected chi connectivity index (χ3v) is 4.48. The second-order valence-electron chi connectivity index (χ2n) is 6.21. The van der Waals surface area contributed by atoms with Crippen molar-refractivity contribution in [3.63, 3.8) is 0 Å². The molecular formula is C20H22O8. The van der Waals surface area contributed by atoms with E-state index in [1.807, 2.05) is 0 Å². The van der Waals surface area contributed by atoms with Crippen LogP contribution in [0.1, 0.15) is 17.2 Å². The number of carbonyl (C=O) groups is 1. The van der Waals surface area contributed by atoms with Crippen LogP contribution in [0.2, 0.25) is 0 Å². The molecule has 2 aromatic carbocycles. The first kappa shape index (κ1) is 19.6. The van der Waals surface area contributed by atoms with Gasteiger partial charge in [-0.3, -0.25) is 0 Å². The van der Waals surface area contributed by atoms with Crippen molar-refractivity contribution in [2.24, 2.45) is 0 Å². The molecule has 0 aromatic heterocycles. The topological polar surface area (TPSA) is 104 Å². The molecule has 0 saturated heterocycles. The highest BCUT2D eigenvalue weighted by molar-refractivity contribution is 5.68. The van der Waals surface area contributed by atoms with E-state index in [0.717, 1.165) is 5.56 Å². The molecule has 0 amide bonds. The molecular weight excluding hydrogens is 368 g/mol. The Balaban J connectivity index is 1.91. The summed E-state index contributed by atoms with van der Waals surface area (Å²) >= 11 is 0. The van der Waals surface area contributed by atoms with Gasteiger partial charge in [-0.25, -0.2) is 4.79 Å². The fraction of sp³-hybridized carbons (Fsp3) is 0.350. The van der Waals surface area contributed by atoms with Gasteiger partial charge in [0.15, 0.2) is 18.1 Å². The zero-order valence-corrected chi connectivity index (χ0v) is 15.8. The molecule has 0 spiro atoms. The molecule has 150 valence electrons. The third kappa shape index (κ3) is 3.91. The van der Waals surface area contributed by atoms with Gasteiger partial charge in [0, 0.05) is 24.1 Å². The second-order valence-corrected chi connectivity index (χ2v) is 6.21. The highest BCUT2D eigenvalue weighted by Gasteiger charge is 2.33. The largest absolute Gasteiger partial charge is 0.496 e. The fourth-order valence-electron chi connectivity index (χ4n) is 3.14. The minimum absolute atomic E-state index is 0.294. The molecule has 0 aliphatic carbocycles. The van der Waals surface area contributed by atoms with Crippen LogP contribution in [0.15, 0.2) is 30.3 Å². The number of ether oxygens (including phenoxy) is 5. The first-order valence-electron chi connectivity index (χ1n) is 8.59. The molecule has 1 heterocycles. The van der Waals surface area contributed by atoms with Crippen molar-refractivity contribution < 1.29 is 38.7 Å². The van der Waals surface area contributed by atoms with Gasteiger partial charge in [0.2, 0.25) is 0 Å². The molecule has 3 rings (SSSR count). The van der Waals surface area contributed by atoms with E-state index in [1.54, 1.807) is 44.6 Å². The van der Waals surface area contributed by atoms with Crippen LogP contribution < -0.4 is 23.7 Å². The lowest BCUT2D eigenvalue weighted by atomic mass is 9.94. The quantitative estimate of drug-likeness (QED) is 0.742. The second kappa shape index (κ2) is 8.26. The van der Waals surface area contributed by atoms with E-state index in [9.17, 15) is 9.90 Å². The summed E-state index contributed by atoms with van der Waals surface area (Å²) in [6, 6.07) is 8.45. The average molecular weight is 390 g/mol. The first-order chi connectivity index (χ1) is 13.5. The summed E-state index contributed by atoms with van der Waals surface area (Å²) in [4.78, 5) is 10.7. The van der Waals surface area contributed by atoms with Gasteiger partial charge in [0.25, 0.3) is 0 Å². The van der Waals surface area contributed by atoms with Crippen LogP contribution in [0.25, 0.3) is 0 Å². The van der Waals surface area contributed by atoms with Gasteiger partial charge < -0.3 is 33.9 Å². The van der Waals surface area contributed by atoms with Crippen LogP contribution in [0, 0.1) is 0 Å². The van der Waals surface area contributed by atoms with Gasteiger partial charge in [-0.2, -0.15) is 0 Å². The number of aliphatic hydroxyl groups is 1. The monoisotopic (exact) mass is 390 g/mol. The number of rotatable bonds is 7. The summed E-state index contributed by atoms with van der Waals surface area (Å²) in [7, 11) is 4.56. The van der Waals surface area contributed by atoms with E-state index >= 15 is 0 Å². The Labute approximate surface area is 162 Å². The highest BCUT2D eigenvalue weighted by atomic mass is 16.5. The molecule has 2 aromatic rings. The summed E-state index contributed by atoms with van der Waals surface area (Å²) in [6.07, 6.45) is -1.12. The Morgan fingerprint density at radius 3 is 2.46 bits per heavy atom. The van der Waals surface area contributed by atoms with Crippen molar-refractivity contribution in [2.75, 3.05) is 27.9 Å². The van der Waals surface area contributed by atoms with Crippen LogP contribution in [0.3, 0.4) is 0 Å². The normalized spacial score (nSPS) is 17.9. The van der Waals surface area contributed by atoms with E-state index in [4.69, 9.17) is 28.8 Å². The van der Waals surface area contributed by atoms with Gasteiger partial charge in [-0.1, -0.05) is 6.07 Å². The van der Waals surface area contributed by atoms with Crippen LogP contribution in [-0.2, 0) is 11.2 Å². The number of benzene rings is 2. The maximum absolute atomic E-state index is 10.7. The number of aliphatic carboxylic acids is 1. The lowest BCUT2D eigenvalue weighted by molar-refractivity contribution is -0.139. The molecule has 1 aliphatic heterocycles. The Bertz CT molecular complexity index is 864. The molecule has 8 nitrogen and oxygen atoms in total. The zero-order valence-electron chi connectivity index (χ0n) is 15.8. The lowest BCUT2D eigenvalue weighted by Crippen LogP contribution is -2.30. The van der Waals surface area contributed by atoms with E-state index in [0.29, 0.717) is 40.7 Å². The molecule has 0 fully saturated rings. The molecule has 1 aliphatic rings. The van der Waals surface area contributed by atoms with Gasteiger partial charge >= 0.3 is 5.97 Å². The van der Waals surface area contributed by atoms with E-state index in [-0.39, 0.29) is 0 Å². The SMILES string of the molecule is COc1cc(OC)c2c(c1)O[C@H](c1ccc(OCC(=O)O)c(OC)c1)[C@H](O)C2. The minimum atomic E-state index is -1.09. The number of hydrogen-bond donors (Lipinski definition) is 2. The molecule has 0 unspecified atom stereocenters. The molecule has 8 heteroatoms. The maximum Gasteiger partial charge on any atom is 0.341 e. The molecule has 0 radical (unpaired) electrons. The van der Waals surface area contributed by atoms with Gasteiger partial charge in [-0.15, -0.1) is 0 Å². The summed E-state index contributed by atoms with van der Waals surface area (Å²) < 4.78 is 27.2. The maximum atomic E-state index is 10.7. The number of fused-ring (bicyclic) bond motifs is 1. The Morgan fingerprint density at radius 1 is 1.07 bits per heavy atom.